The highest BCUT2D eigenvalue weighted by molar-refractivity contribution is 7.23. The number of anilines is 1. The predicted octanol–water partition coefficient (Wildman–Crippen LogP) is 2.20. The van der Waals surface area contributed by atoms with Crippen molar-refractivity contribution in [1.29, 1.82) is 0 Å². The largest absolute Gasteiger partial charge is 0.286 e. The molecule has 0 unspecified atom stereocenters. The number of nitrogens with zero attached hydrogens (tertiary/aromatic N) is 3. The maximum Gasteiger partial charge on any atom is 0.261 e. The molecular formula is C22H18BN3O3S. The Balaban J connectivity index is 1.71. The summed E-state index contributed by atoms with van der Waals surface area (Å²) in [5.41, 5.74) is 1.73. The summed E-state index contributed by atoms with van der Waals surface area (Å²) in [6, 6.07) is 15.8. The minimum Gasteiger partial charge on any atom is -0.286 e. The quantitative estimate of drug-likeness (QED) is 0.457. The maximum atomic E-state index is 13.1. The van der Waals surface area contributed by atoms with Gasteiger partial charge in [-0.3, -0.25) is 24.2 Å². The minimum absolute atomic E-state index is 0.128. The van der Waals surface area contributed by atoms with Crippen molar-refractivity contribution in [2.75, 3.05) is 11.4 Å². The van der Waals surface area contributed by atoms with Crippen LogP contribution in [0.2, 0.25) is 0 Å². The highest BCUT2D eigenvalue weighted by atomic mass is 32.1. The van der Waals surface area contributed by atoms with Crippen molar-refractivity contribution in [3.8, 4) is 0 Å². The fourth-order valence-corrected chi connectivity index (χ4v) is 4.35. The van der Waals surface area contributed by atoms with Crippen LogP contribution in [0.25, 0.3) is 0 Å². The lowest BCUT2D eigenvalue weighted by Gasteiger charge is -2.30. The molecule has 0 N–H and O–H groups in total. The number of rotatable bonds is 6. The van der Waals surface area contributed by atoms with Crippen LogP contribution in [-0.2, 0) is 11.2 Å². The first-order chi connectivity index (χ1) is 14.5. The van der Waals surface area contributed by atoms with Crippen LogP contribution in [-0.4, -0.2) is 48.0 Å². The molecule has 0 saturated carbocycles. The smallest absolute Gasteiger partial charge is 0.261 e. The summed E-state index contributed by atoms with van der Waals surface area (Å²) in [6.45, 7) is 1.56. The number of thiazole rings is 1. The number of imide groups is 1. The van der Waals surface area contributed by atoms with Gasteiger partial charge in [-0.05, 0) is 28.9 Å². The molecule has 30 heavy (non-hydrogen) atoms. The van der Waals surface area contributed by atoms with Crippen LogP contribution in [0.15, 0.2) is 60.8 Å². The summed E-state index contributed by atoms with van der Waals surface area (Å²) < 4.78 is 0.483. The molecule has 0 saturated heterocycles. The van der Waals surface area contributed by atoms with E-state index in [1.807, 2.05) is 30.3 Å². The van der Waals surface area contributed by atoms with E-state index in [1.165, 1.54) is 34.3 Å². The zero-order chi connectivity index (χ0) is 21.3. The van der Waals surface area contributed by atoms with Crippen LogP contribution in [0.1, 0.15) is 33.2 Å². The van der Waals surface area contributed by atoms with Gasteiger partial charge in [0.2, 0.25) is 5.91 Å². The molecule has 6 nitrogen and oxygen atoms in total. The van der Waals surface area contributed by atoms with E-state index in [0.717, 1.165) is 5.56 Å². The Kier molecular flexibility index (Phi) is 5.50. The van der Waals surface area contributed by atoms with Crippen LogP contribution in [0, 0.1) is 0 Å². The van der Waals surface area contributed by atoms with E-state index in [0.29, 0.717) is 27.5 Å². The van der Waals surface area contributed by atoms with Gasteiger partial charge in [-0.2, -0.15) is 0 Å². The number of amides is 3. The highest BCUT2D eigenvalue weighted by Crippen LogP contribution is 2.27. The zero-order valence-electron chi connectivity index (χ0n) is 16.3. The Labute approximate surface area is 179 Å². The van der Waals surface area contributed by atoms with Crippen LogP contribution in [0.4, 0.5) is 5.13 Å². The number of hydrogen-bond acceptors (Lipinski definition) is 5. The van der Waals surface area contributed by atoms with E-state index < -0.39 is 6.04 Å². The molecule has 3 amide bonds. The summed E-state index contributed by atoms with van der Waals surface area (Å²) in [7, 11) is 5.79. The summed E-state index contributed by atoms with van der Waals surface area (Å²) in [6.07, 6.45) is 1.90. The highest BCUT2D eigenvalue weighted by Gasteiger charge is 2.40. The molecule has 4 rings (SSSR count). The van der Waals surface area contributed by atoms with E-state index in [1.54, 1.807) is 24.3 Å². The van der Waals surface area contributed by atoms with Crippen molar-refractivity contribution in [3.05, 3.63) is 77.5 Å². The van der Waals surface area contributed by atoms with Gasteiger partial charge in [-0.1, -0.05) is 42.5 Å². The van der Waals surface area contributed by atoms with Crippen molar-refractivity contribution < 1.29 is 14.4 Å². The third-order valence-corrected chi connectivity index (χ3v) is 5.87. The van der Waals surface area contributed by atoms with Gasteiger partial charge >= 0.3 is 0 Å². The molecule has 0 aliphatic carbocycles. The predicted molar refractivity (Wildman–Crippen MR) is 116 cm³/mol. The Hall–Kier alpha value is -3.26. The number of benzene rings is 2. The van der Waals surface area contributed by atoms with Crippen LogP contribution >= 0.6 is 11.3 Å². The standard InChI is InChI=1S/C22H18BN3O3S/c1-14(27)25(22-24-12-19(23)30-22)13-16(11-15-7-3-2-4-8-15)26-20(28)17-9-5-6-10-18(17)21(26)29/h2-10,12,16H,11,13H2,1H3/t16-/m0/s1. The van der Waals surface area contributed by atoms with Gasteiger partial charge in [0.15, 0.2) is 5.13 Å². The number of aromatic nitrogens is 1. The van der Waals surface area contributed by atoms with Gasteiger partial charge in [-0.25, -0.2) is 4.98 Å². The van der Waals surface area contributed by atoms with Crippen LogP contribution < -0.4 is 9.68 Å². The van der Waals surface area contributed by atoms with E-state index >= 15 is 0 Å². The first-order valence-corrected chi connectivity index (χ1v) is 10.3. The van der Waals surface area contributed by atoms with Gasteiger partial charge in [0.05, 0.1) is 17.2 Å². The molecule has 148 valence electrons. The normalized spacial score (nSPS) is 14.0. The molecule has 8 heteroatoms. The third kappa shape index (κ3) is 3.78. The molecule has 1 atom stereocenters. The molecule has 1 aliphatic rings. The van der Waals surface area contributed by atoms with Crippen LogP contribution in [0.5, 0.6) is 0 Å². The molecule has 1 aliphatic heterocycles. The van der Waals surface area contributed by atoms with E-state index in [9.17, 15) is 14.4 Å². The molecule has 0 fully saturated rings. The van der Waals surface area contributed by atoms with Crippen molar-refractivity contribution in [2.45, 2.75) is 19.4 Å². The number of hydrogen-bond donors (Lipinski definition) is 0. The zero-order valence-corrected chi connectivity index (χ0v) is 17.1. The molecule has 2 aromatic carbocycles. The van der Waals surface area contributed by atoms with Gasteiger partial charge in [-0.15, -0.1) is 11.3 Å². The molecule has 2 radical (unpaired) electrons. The first-order valence-electron chi connectivity index (χ1n) is 9.46. The Morgan fingerprint density at radius 1 is 1.07 bits per heavy atom. The molecule has 2 heterocycles. The average molecular weight is 415 g/mol. The van der Waals surface area contributed by atoms with Gasteiger partial charge in [0.1, 0.15) is 7.85 Å². The lowest BCUT2D eigenvalue weighted by molar-refractivity contribution is -0.116. The Morgan fingerprint density at radius 3 is 2.20 bits per heavy atom. The maximum absolute atomic E-state index is 13.1. The van der Waals surface area contributed by atoms with Gasteiger partial charge in [0, 0.05) is 19.7 Å². The van der Waals surface area contributed by atoms with Crippen LogP contribution in [0.3, 0.4) is 0 Å². The van der Waals surface area contributed by atoms with E-state index in [-0.39, 0.29) is 24.3 Å². The summed E-state index contributed by atoms with van der Waals surface area (Å²) in [5, 5.41) is 0.440. The van der Waals surface area contributed by atoms with Crippen molar-refractivity contribution in [3.63, 3.8) is 0 Å². The Morgan fingerprint density at radius 2 is 1.67 bits per heavy atom. The van der Waals surface area contributed by atoms with E-state index in [4.69, 9.17) is 7.85 Å². The number of carbonyl (C=O) groups is 3. The summed E-state index contributed by atoms with van der Waals surface area (Å²) in [4.78, 5) is 45.6. The van der Waals surface area contributed by atoms with Gasteiger partial charge in [0.25, 0.3) is 11.8 Å². The molecule has 0 spiro atoms. The Bertz CT molecular complexity index is 1080. The number of carbonyl (C=O) groups excluding carboxylic acids is 3. The lowest BCUT2D eigenvalue weighted by Crippen LogP contribution is -2.49. The minimum atomic E-state index is -0.561. The second-order valence-electron chi connectivity index (χ2n) is 7.04. The fraction of sp³-hybridized carbons (Fsp3) is 0.182. The summed E-state index contributed by atoms with van der Waals surface area (Å²) >= 11 is 1.19. The molecular weight excluding hydrogens is 397 g/mol. The molecule has 1 aromatic heterocycles. The second kappa shape index (κ2) is 8.24. The fourth-order valence-electron chi connectivity index (χ4n) is 3.62. The molecule has 3 aromatic rings. The SMILES string of the molecule is [B]c1cnc(N(C[C@H](Cc2ccccc2)N2C(=O)c3ccccc3C2=O)C(C)=O)s1. The average Bonchev–Trinajstić information content (AvgIpc) is 3.27. The first kappa shape index (κ1) is 20.0. The monoisotopic (exact) mass is 415 g/mol. The lowest BCUT2D eigenvalue weighted by atomic mass is 10.0. The van der Waals surface area contributed by atoms with Crippen molar-refractivity contribution >= 4 is 46.8 Å². The van der Waals surface area contributed by atoms with Gasteiger partial charge < -0.3 is 0 Å². The van der Waals surface area contributed by atoms with Crippen molar-refractivity contribution in [2.24, 2.45) is 0 Å². The van der Waals surface area contributed by atoms with E-state index in [2.05, 4.69) is 4.98 Å². The number of fused-ring (bicyclic) bond motifs is 1. The van der Waals surface area contributed by atoms with Crippen molar-refractivity contribution in [1.82, 2.24) is 9.88 Å². The molecule has 0 bridgehead atoms. The topological polar surface area (TPSA) is 70.6 Å². The summed E-state index contributed by atoms with van der Waals surface area (Å²) in [5.74, 6) is -0.934. The third-order valence-electron chi connectivity index (χ3n) is 5.02. The second-order valence-corrected chi connectivity index (χ2v) is 8.08.